The number of para-hydroxylation sites is 2. The largest absolute Gasteiger partial charge is 0.495 e. The first-order valence-corrected chi connectivity index (χ1v) is 8.96. The van der Waals surface area contributed by atoms with Gasteiger partial charge in [0.2, 0.25) is 0 Å². The summed E-state index contributed by atoms with van der Waals surface area (Å²) in [6.45, 7) is 6.09. The number of hydrogen-bond donors (Lipinski definition) is 1. The fourth-order valence-electron chi connectivity index (χ4n) is 3.00. The molecule has 3 rings (SSSR count). The molecule has 138 valence electrons. The maximum Gasteiger partial charge on any atom is 0.271 e. The molecule has 1 fully saturated rings. The van der Waals surface area contributed by atoms with Crippen molar-refractivity contribution in [2.75, 3.05) is 49.6 Å². The van der Waals surface area contributed by atoms with E-state index in [2.05, 4.69) is 31.2 Å². The average molecular weight is 355 g/mol. The molecule has 1 amide bonds. The molecule has 7 heteroatoms. The molecule has 0 spiro atoms. The van der Waals surface area contributed by atoms with E-state index >= 15 is 0 Å². The van der Waals surface area contributed by atoms with Crippen molar-refractivity contribution in [3.8, 4) is 5.75 Å². The number of nitrogens with zero attached hydrogens (tertiary/aromatic N) is 4. The highest BCUT2D eigenvalue weighted by molar-refractivity contribution is 5.91. The van der Waals surface area contributed by atoms with Gasteiger partial charge in [0.15, 0.2) is 0 Å². The van der Waals surface area contributed by atoms with Crippen molar-refractivity contribution in [1.82, 2.24) is 15.3 Å². The second-order valence-corrected chi connectivity index (χ2v) is 6.16. The van der Waals surface area contributed by atoms with Gasteiger partial charge >= 0.3 is 0 Å². The molecule has 2 heterocycles. The Bertz CT molecular complexity index is 727. The number of rotatable bonds is 6. The van der Waals surface area contributed by atoms with Gasteiger partial charge in [0.25, 0.3) is 5.91 Å². The van der Waals surface area contributed by atoms with Gasteiger partial charge in [-0.25, -0.2) is 9.97 Å². The molecule has 1 aromatic heterocycles. The second kappa shape index (κ2) is 8.51. The highest BCUT2D eigenvalue weighted by Crippen LogP contribution is 2.28. The van der Waals surface area contributed by atoms with Crippen LogP contribution in [0.4, 0.5) is 11.5 Å². The van der Waals surface area contributed by atoms with Gasteiger partial charge in [-0.1, -0.05) is 19.1 Å². The molecule has 1 N–H and O–H groups in total. The Hall–Kier alpha value is -2.83. The van der Waals surface area contributed by atoms with Crippen LogP contribution in [0.5, 0.6) is 5.75 Å². The van der Waals surface area contributed by atoms with Crippen molar-refractivity contribution < 1.29 is 9.53 Å². The molecular formula is C19H25N5O2. The third kappa shape index (κ3) is 4.04. The van der Waals surface area contributed by atoms with E-state index in [1.807, 2.05) is 25.1 Å². The summed E-state index contributed by atoms with van der Waals surface area (Å²) in [5.74, 6) is 1.52. The first-order valence-electron chi connectivity index (χ1n) is 8.96. The minimum absolute atomic E-state index is 0.174. The Morgan fingerprint density at radius 2 is 1.85 bits per heavy atom. The summed E-state index contributed by atoms with van der Waals surface area (Å²) in [4.78, 5) is 25.1. The third-order valence-corrected chi connectivity index (χ3v) is 4.44. The van der Waals surface area contributed by atoms with Crippen molar-refractivity contribution >= 4 is 17.4 Å². The molecule has 1 aromatic carbocycles. The predicted octanol–water partition coefficient (Wildman–Crippen LogP) is 1.95. The lowest BCUT2D eigenvalue weighted by Crippen LogP contribution is -2.47. The smallest absolute Gasteiger partial charge is 0.271 e. The summed E-state index contributed by atoms with van der Waals surface area (Å²) >= 11 is 0. The number of amides is 1. The zero-order chi connectivity index (χ0) is 18.4. The maximum absolute atomic E-state index is 11.9. The standard InChI is InChI=1S/C19H25N5O2/c1-3-8-20-19(25)15-13-22-18(14-21-15)24-11-9-23(10-12-24)16-6-4-5-7-17(16)26-2/h4-7,13-14H,3,8-12H2,1-2H3,(H,20,25). The van der Waals surface area contributed by atoms with E-state index in [1.54, 1.807) is 19.5 Å². The summed E-state index contributed by atoms with van der Waals surface area (Å²) in [6.07, 6.45) is 4.13. The number of carbonyl (C=O) groups excluding carboxylic acids is 1. The van der Waals surface area contributed by atoms with Gasteiger partial charge in [-0.15, -0.1) is 0 Å². The van der Waals surface area contributed by atoms with E-state index in [0.717, 1.165) is 49.9 Å². The van der Waals surface area contributed by atoms with Gasteiger partial charge in [0.1, 0.15) is 17.3 Å². The van der Waals surface area contributed by atoms with Crippen molar-refractivity contribution in [1.29, 1.82) is 0 Å². The van der Waals surface area contributed by atoms with E-state index in [9.17, 15) is 4.79 Å². The SMILES string of the molecule is CCCNC(=O)c1cnc(N2CCN(c3ccccc3OC)CC2)cn1. The van der Waals surface area contributed by atoms with Crippen LogP contribution in [0, 0.1) is 0 Å². The normalized spacial score (nSPS) is 14.2. The molecule has 1 aliphatic rings. The number of methoxy groups -OCH3 is 1. The number of benzene rings is 1. The molecule has 0 aliphatic carbocycles. The molecular weight excluding hydrogens is 330 g/mol. The Morgan fingerprint density at radius 3 is 2.50 bits per heavy atom. The zero-order valence-corrected chi connectivity index (χ0v) is 15.3. The van der Waals surface area contributed by atoms with Crippen LogP contribution in [0.3, 0.4) is 0 Å². The monoisotopic (exact) mass is 355 g/mol. The van der Waals surface area contributed by atoms with E-state index in [4.69, 9.17) is 4.74 Å². The van der Waals surface area contributed by atoms with Crippen LogP contribution in [0.2, 0.25) is 0 Å². The lowest BCUT2D eigenvalue weighted by atomic mass is 10.2. The summed E-state index contributed by atoms with van der Waals surface area (Å²) in [7, 11) is 1.70. The van der Waals surface area contributed by atoms with Crippen LogP contribution in [-0.2, 0) is 0 Å². The van der Waals surface area contributed by atoms with Crippen LogP contribution in [0.15, 0.2) is 36.7 Å². The summed E-state index contributed by atoms with van der Waals surface area (Å²) in [5, 5.41) is 2.81. The van der Waals surface area contributed by atoms with Crippen LogP contribution < -0.4 is 19.9 Å². The summed E-state index contributed by atoms with van der Waals surface area (Å²) in [5.41, 5.74) is 1.47. The quantitative estimate of drug-likeness (QED) is 0.854. The maximum atomic E-state index is 11.9. The van der Waals surface area contributed by atoms with E-state index in [-0.39, 0.29) is 5.91 Å². The number of piperazine rings is 1. The van der Waals surface area contributed by atoms with Gasteiger partial charge in [0, 0.05) is 32.7 Å². The molecule has 26 heavy (non-hydrogen) atoms. The van der Waals surface area contributed by atoms with Crippen molar-refractivity contribution in [3.63, 3.8) is 0 Å². The Labute approximate surface area is 154 Å². The molecule has 0 radical (unpaired) electrons. The Morgan fingerprint density at radius 1 is 1.12 bits per heavy atom. The zero-order valence-electron chi connectivity index (χ0n) is 15.3. The van der Waals surface area contributed by atoms with Crippen LogP contribution in [0.1, 0.15) is 23.8 Å². The van der Waals surface area contributed by atoms with Crippen molar-refractivity contribution in [3.05, 3.63) is 42.4 Å². The van der Waals surface area contributed by atoms with Gasteiger partial charge in [-0.2, -0.15) is 0 Å². The topological polar surface area (TPSA) is 70.6 Å². The first kappa shape index (κ1) is 18.0. The summed E-state index contributed by atoms with van der Waals surface area (Å²) < 4.78 is 5.46. The molecule has 1 aliphatic heterocycles. The predicted molar refractivity (Wildman–Crippen MR) is 102 cm³/mol. The van der Waals surface area contributed by atoms with Crippen LogP contribution >= 0.6 is 0 Å². The molecule has 0 atom stereocenters. The first-order chi connectivity index (χ1) is 12.7. The summed E-state index contributed by atoms with van der Waals surface area (Å²) in [6, 6.07) is 8.07. The minimum Gasteiger partial charge on any atom is -0.495 e. The minimum atomic E-state index is -0.174. The molecule has 1 saturated heterocycles. The van der Waals surface area contributed by atoms with E-state index in [1.165, 1.54) is 0 Å². The lowest BCUT2D eigenvalue weighted by Gasteiger charge is -2.37. The fraction of sp³-hybridized carbons (Fsp3) is 0.421. The average Bonchev–Trinajstić information content (AvgIpc) is 2.72. The number of aromatic nitrogens is 2. The molecule has 7 nitrogen and oxygen atoms in total. The van der Waals surface area contributed by atoms with Crippen LogP contribution in [-0.4, -0.2) is 55.7 Å². The van der Waals surface area contributed by atoms with Gasteiger partial charge in [-0.05, 0) is 18.6 Å². The van der Waals surface area contributed by atoms with Gasteiger partial charge < -0.3 is 19.9 Å². The molecule has 2 aromatic rings. The number of ether oxygens (including phenoxy) is 1. The van der Waals surface area contributed by atoms with Gasteiger partial charge in [-0.3, -0.25) is 4.79 Å². The number of hydrogen-bond acceptors (Lipinski definition) is 6. The number of nitrogens with one attached hydrogen (secondary N) is 1. The van der Waals surface area contributed by atoms with Crippen LogP contribution in [0.25, 0.3) is 0 Å². The third-order valence-electron chi connectivity index (χ3n) is 4.44. The molecule has 0 bridgehead atoms. The number of carbonyl (C=O) groups is 1. The second-order valence-electron chi connectivity index (χ2n) is 6.16. The Kier molecular flexibility index (Phi) is 5.88. The van der Waals surface area contributed by atoms with Crippen molar-refractivity contribution in [2.24, 2.45) is 0 Å². The van der Waals surface area contributed by atoms with E-state index < -0.39 is 0 Å². The lowest BCUT2D eigenvalue weighted by molar-refractivity contribution is 0.0948. The highest BCUT2D eigenvalue weighted by Gasteiger charge is 2.21. The highest BCUT2D eigenvalue weighted by atomic mass is 16.5. The van der Waals surface area contributed by atoms with E-state index in [0.29, 0.717) is 12.2 Å². The molecule has 0 saturated carbocycles. The number of anilines is 2. The van der Waals surface area contributed by atoms with Gasteiger partial charge in [0.05, 0.1) is 25.2 Å². The Balaban J connectivity index is 1.60. The van der Waals surface area contributed by atoms with Crippen molar-refractivity contribution in [2.45, 2.75) is 13.3 Å². The molecule has 0 unspecified atom stereocenters. The fourth-order valence-corrected chi connectivity index (χ4v) is 3.00.